The zero-order chi connectivity index (χ0) is 18.7. The Morgan fingerprint density at radius 2 is 2.42 bits per heavy atom. The van der Waals surface area contributed by atoms with Gasteiger partial charge in [-0.1, -0.05) is 0 Å². The fourth-order valence-corrected chi connectivity index (χ4v) is 3.74. The van der Waals surface area contributed by atoms with E-state index in [9.17, 15) is 19.6 Å². The van der Waals surface area contributed by atoms with Gasteiger partial charge in [0, 0.05) is 18.3 Å². The molecular weight excluding hydrogens is 358 g/mol. The van der Waals surface area contributed by atoms with E-state index < -0.39 is 36.2 Å². The molecule has 0 aliphatic carbocycles. The second-order valence-electron chi connectivity index (χ2n) is 6.30. The molecule has 3 rings (SSSR count). The summed E-state index contributed by atoms with van der Waals surface area (Å²) in [5.74, 6) is -0.807. The average Bonchev–Trinajstić information content (AvgIpc) is 3.34. The van der Waals surface area contributed by atoms with Crippen LogP contribution in [0.2, 0.25) is 0 Å². The van der Waals surface area contributed by atoms with Crippen LogP contribution in [0.15, 0.2) is 10.9 Å². The zero-order valence-electron chi connectivity index (χ0n) is 14.2. The van der Waals surface area contributed by atoms with E-state index in [1.165, 1.54) is 16.2 Å². The largest absolute Gasteiger partial charge is 0.444 e. The molecule has 9 nitrogen and oxygen atoms in total. The Morgan fingerprint density at radius 3 is 3.04 bits per heavy atom. The minimum Gasteiger partial charge on any atom is -0.444 e. The topological polar surface area (TPSA) is 124 Å². The summed E-state index contributed by atoms with van der Waals surface area (Å²) in [5, 5.41) is 16.2. The third-order valence-electron chi connectivity index (χ3n) is 4.51. The lowest BCUT2D eigenvalue weighted by Gasteiger charge is -2.27. The van der Waals surface area contributed by atoms with Gasteiger partial charge in [-0.15, -0.1) is 11.3 Å². The predicted octanol–water partition coefficient (Wildman–Crippen LogP) is 0.182. The molecule has 0 bridgehead atoms. The van der Waals surface area contributed by atoms with Crippen LogP contribution in [0.25, 0.3) is 0 Å². The molecule has 2 aliphatic rings. The average molecular weight is 377 g/mol. The number of alkyl carbamates (subject to hydrolysis) is 1. The van der Waals surface area contributed by atoms with Crippen molar-refractivity contribution in [2.45, 2.75) is 50.4 Å². The number of nitrogens with zero attached hydrogens (tertiary/aromatic N) is 3. The number of carbonyl (C=O) groups is 3. The molecule has 0 spiro atoms. The lowest BCUT2D eigenvalue weighted by atomic mass is 10.1. The summed E-state index contributed by atoms with van der Waals surface area (Å²) in [7, 11) is 0. The van der Waals surface area contributed by atoms with Crippen LogP contribution >= 0.6 is 11.3 Å². The Balaban J connectivity index is 1.75. The molecule has 4 unspecified atom stereocenters. The molecule has 26 heavy (non-hydrogen) atoms. The van der Waals surface area contributed by atoms with Gasteiger partial charge in [-0.2, -0.15) is 5.26 Å². The van der Waals surface area contributed by atoms with Gasteiger partial charge in [0.05, 0.1) is 17.3 Å². The molecule has 10 heteroatoms. The van der Waals surface area contributed by atoms with Crippen LogP contribution in [0.1, 0.15) is 25.5 Å². The van der Waals surface area contributed by atoms with Crippen LogP contribution in [-0.4, -0.2) is 58.6 Å². The van der Waals surface area contributed by atoms with Crippen molar-refractivity contribution >= 4 is 29.2 Å². The lowest BCUT2D eigenvalue weighted by Crippen LogP contribution is -2.55. The van der Waals surface area contributed by atoms with E-state index in [2.05, 4.69) is 21.7 Å². The van der Waals surface area contributed by atoms with Gasteiger partial charge in [-0.3, -0.25) is 9.59 Å². The van der Waals surface area contributed by atoms with E-state index in [-0.39, 0.29) is 12.3 Å². The number of nitrogens with one attached hydrogen (secondary N) is 2. The molecule has 3 amide bonds. The number of hydrogen-bond acceptors (Lipinski definition) is 7. The van der Waals surface area contributed by atoms with Crippen molar-refractivity contribution < 1.29 is 19.1 Å². The van der Waals surface area contributed by atoms with Crippen LogP contribution in [0.5, 0.6) is 0 Å². The monoisotopic (exact) mass is 377 g/mol. The Kier molecular flexibility index (Phi) is 5.37. The van der Waals surface area contributed by atoms with Crippen LogP contribution in [-0.2, 0) is 20.7 Å². The molecule has 0 aromatic carbocycles. The smallest absolute Gasteiger partial charge is 0.408 e. The SMILES string of the molecule is CC1OC(=O)NC1C(=O)NC(Cc1cscn1)C(=O)N1CCCC1C#N. The number of thiazole rings is 1. The predicted molar refractivity (Wildman–Crippen MR) is 91.0 cm³/mol. The Labute approximate surface area is 154 Å². The number of cyclic esters (lactones) is 1. The second-order valence-corrected chi connectivity index (χ2v) is 7.01. The quantitative estimate of drug-likeness (QED) is 0.754. The van der Waals surface area contributed by atoms with Crippen molar-refractivity contribution in [3.8, 4) is 6.07 Å². The van der Waals surface area contributed by atoms with E-state index in [0.717, 1.165) is 6.42 Å². The highest BCUT2D eigenvalue weighted by Gasteiger charge is 2.39. The number of likely N-dealkylation sites (tertiary alicyclic amines) is 1. The molecule has 0 radical (unpaired) electrons. The van der Waals surface area contributed by atoms with Crippen molar-refractivity contribution in [1.82, 2.24) is 20.5 Å². The molecule has 0 saturated carbocycles. The number of rotatable bonds is 5. The van der Waals surface area contributed by atoms with Crippen molar-refractivity contribution in [2.75, 3.05) is 6.54 Å². The number of aromatic nitrogens is 1. The zero-order valence-corrected chi connectivity index (χ0v) is 15.0. The molecule has 2 N–H and O–H groups in total. The second kappa shape index (κ2) is 7.70. The number of amides is 3. The fraction of sp³-hybridized carbons (Fsp3) is 0.562. The molecule has 138 valence electrons. The van der Waals surface area contributed by atoms with E-state index in [4.69, 9.17) is 4.74 Å². The fourth-order valence-electron chi connectivity index (χ4n) is 3.17. The summed E-state index contributed by atoms with van der Waals surface area (Å²) >= 11 is 1.40. The molecule has 1 aromatic heterocycles. The minimum atomic E-state index is -0.862. The lowest BCUT2D eigenvalue weighted by molar-refractivity contribution is -0.137. The first kappa shape index (κ1) is 18.1. The van der Waals surface area contributed by atoms with Crippen LogP contribution in [0.3, 0.4) is 0 Å². The van der Waals surface area contributed by atoms with Crippen LogP contribution in [0.4, 0.5) is 4.79 Å². The van der Waals surface area contributed by atoms with Crippen molar-refractivity contribution in [2.24, 2.45) is 0 Å². The van der Waals surface area contributed by atoms with Gasteiger partial charge in [0.25, 0.3) is 0 Å². The highest BCUT2D eigenvalue weighted by Crippen LogP contribution is 2.19. The van der Waals surface area contributed by atoms with Gasteiger partial charge in [0.2, 0.25) is 11.8 Å². The maximum Gasteiger partial charge on any atom is 0.408 e. The van der Waals surface area contributed by atoms with Crippen molar-refractivity contribution in [3.05, 3.63) is 16.6 Å². The van der Waals surface area contributed by atoms with E-state index >= 15 is 0 Å². The molecule has 2 fully saturated rings. The van der Waals surface area contributed by atoms with Crippen molar-refractivity contribution in [3.63, 3.8) is 0 Å². The van der Waals surface area contributed by atoms with Gasteiger partial charge in [0.1, 0.15) is 24.2 Å². The van der Waals surface area contributed by atoms with Crippen LogP contribution < -0.4 is 10.6 Å². The Hall–Kier alpha value is -2.67. The number of ether oxygens (including phenoxy) is 1. The number of hydrogen-bond donors (Lipinski definition) is 2. The highest BCUT2D eigenvalue weighted by molar-refractivity contribution is 7.07. The van der Waals surface area contributed by atoms with Gasteiger partial charge in [0.15, 0.2) is 0 Å². The molecule has 4 atom stereocenters. The Bertz CT molecular complexity index is 731. The minimum absolute atomic E-state index is 0.221. The third-order valence-corrected chi connectivity index (χ3v) is 5.15. The third kappa shape index (κ3) is 3.77. The maximum atomic E-state index is 13.0. The van der Waals surface area contributed by atoms with E-state index in [1.54, 1.807) is 17.8 Å². The highest BCUT2D eigenvalue weighted by atomic mass is 32.1. The first-order valence-corrected chi connectivity index (χ1v) is 9.28. The van der Waals surface area contributed by atoms with Gasteiger partial charge in [-0.25, -0.2) is 9.78 Å². The summed E-state index contributed by atoms with van der Waals surface area (Å²) in [5.41, 5.74) is 2.33. The van der Waals surface area contributed by atoms with Crippen LogP contribution in [0, 0.1) is 11.3 Å². The molecule has 3 heterocycles. The summed E-state index contributed by atoms with van der Waals surface area (Å²) in [6.45, 7) is 2.09. The maximum absolute atomic E-state index is 13.0. The summed E-state index contributed by atoms with van der Waals surface area (Å²) in [6, 6.07) is -0.0696. The summed E-state index contributed by atoms with van der Waals surface area (Å²) < 4.78 is 4.92. The molecule has 2 aliphatic heterocycles. The molecule has 1 aromatic rings. The molecule has 2 saturated heterocycles. The standard InChI is InChI=1S/C16H19N5O4S/c1-9-13(20-16(24)25-9)14(22)19-12(5-10-7-26-8-18-10)15(23)21-4-2-3-11(21)6-17/h7-9,11-13H,2-5H2,1H3,(H,19,22)(H,20,24). The number of nitriles is 1. The van der Waals surface area contributed by atoms with Gasteiger partial charge in [-0.05, 0) is 19.8 Å². The first-order chi connectivity index (χ1) is 12.5. The normalized spacial score (nSPS) is 25.9. The first-order valence-electron chi connectivity index (χ1n) is 8.34. The Morgan fingerprint density at radius 1 is 1.62 bits per heavy atom. The van der Waals surface area contributed by atoms with E-state index in [1.807, 2.05) is 0 Å². The van der Waals surface area contributed by atoms with Gasteiger partial charge < -0.3 is 20.3 Å². The van der Waals surface area contributed by atoms with Gasteiger partial charge >= 0.3 is 6.09 Å². The van der Waals surface area contributed by atoms with E-state index in [0.29, 0.717) is 18.7 Å². The summed E-state index contributed by atoms with van der Waals surface area (Å²) in [6.07, 6.45) is 0.312. The van der Waals surface area contributed by atoms with Crippen molar-refractivity contribution in [1.29, 1.82) is 5.26 Å². The molecular formula is C16H19N5O4S. The number of carbonyl (C=O) groups excluding carboxylic acids is 3. The summed E-state index contributed by atoms with van der Waals surface area (Å²) in [4.78, 5) is 42.5.